The third kappa shape index (κ3) is 12.5. The summed E-state index contributed by atoms with van der Waals surface area (Å²) in [6.07, 6.45) is 6.70. The summed E-state index contributed by atoms with van der Waals surface area (Å²) in [6, 6.07) is 0. The van der Waals surface area contributed by atoms with E-state index < -0.39 is 17.5 Å². The van der Waals surface area contributed by atoms with E-state index in [1.165, 1.54) is 0 Å². The second kappa shape index (κ2) is 11.7. The van der Waals surface area contributed by atoms with Gasteiger partial charge in [0.25, 0.3) is 0 Å². The molecule has 0 aromatic heterocycles. The molecule has 0 heterocycles. The maximum atomic E-state index is 11.4. The Kier molecular flexibility index (Phi) is 10.9. The Morgan fingerprint density at radius 2 is 1.58 bits per heavy atom. The number of aliphatic carboxylic acids is 1. The van der Waals surface area contributed by atoms with Gasteiger partial charge in [-0.1, -0.05) is 6.08 Å². The summed E-state index contributed by atoms with van der Waals surface area (Å²) in [7, 11) is 0. The van der Waals surface area contributed by atoms with E-state index in [0.717, 1.165) is 5.76 Å². The normalized spacial score (nSPS) is 13.1. The Balaban J connectivity index is 4.19. The lowest BCUT2D eigenvalue weighted by Gasteiger charge is -2.30. The number of carbonyl (C=O) groups excluding carboxylic acids is 1. The van der Waals surface area contributed by atoms with Crippen LogP contribution in [0, 0.1) is 0 Å². The molecule has 0 aliphatic carbocycles. The molecule has 0 spiro atoms. The summed E-state index contributed by atoms with van der Waals surface area (Å²) < 4.78 is 16.9. The standard InChI is InChI=1S/C20H34O6/c1-7-9-16(8-2)26-20(5,6)13-15-25-19(3,4)12-14-24-18(23)11-10-17(21)22/h7-9H,10-15H2,1-6H3,(H,21,22)/b9-7-,16-8+. The second-order valence-electron chi connectivity index (χ2n) is 7.28. The van der Waals surface area contributed by atoms with Gasteiger partial charge < -0.3 is 19.3 Å². The molecular weight excluding hydrogens is 336 g/mol. The Morgan fingerprint density at radius 3 is 2.12 bits per heavy atom. The molecule has 150 valence electrons. The van der Waals surface area contributed by atoms with E-state index in [1.807, 2.05) is 59.8 Å². The third-order valence-electron chi connectivity index (χ3n) is 3.72. The Labute approximate surface area is 157 Å². The third-order valence-corrected chi connectivity index (χ3v) is 3.72. The molecule has 0 rings (SSSR count). The lowest BCUT2D eigenvalue weighted by atomic mass is 10.0. The summed E-state index contributed by atoms with van der Waals surface area (Å²) in [6.45, 7) is 12.5. The summed E-state index contributed by atoms with van der Waals surface area (Å²) in [5.74, 6) is -0.684. The fourth-order valence-corrected chi connectivity index (χ4v) is 2.06. The van der Waals surface area contributed by atoms with Crippen LogP contribution in [-0.2, 0) is 23.8 Å². The van der Waals surface area contributed by atoms with Gasteiger partial charge in [0.1, 0.15) is 11.4 Å². The molecule has 0 unspecified atom stereocenters. The molecule has 0 fully saturated rings. The molecule has 6 nitrogen and oxygen atoms in total. The van der Waals surface area contributed by atoms with Crippen LogP contribution in [0.3, 0.4) is 0 Å². The molecule has 0 saturated carbocycles. The molecule has 0 aliphatic rings. The Bertz CT molecular complexity index is 502. The number of hydrogen-bond acceptors (Lipinski definition) is 5. The average molecular weight is 370 g/mol. The van der Waals surface area contributed by atoms with Gasteiger partial charge in [-0.05, 0) is 53.7 Å². The van der Waals surface area contributed by atoms with Crippen molar-refractivity contribution in [3.63, 3.8) is 0 Å². The zero-order chi connectivity index (χ0) is 20.2. The van der Waals surface area contributed by atoms with Crippen molar-refractivity contribution in [2.75, 3.05) is 13.2 Å². The molecule has 0 aromatic carbocycles. The predicted octanol–water partition coefficient (Wildman–Crippen LogP) is 4.24. The van der Waals surface area contributed by atoms with E-state index in [4.69, 9.17) is 19.3 Å². The van der Waals surface area contributed by atoms with Crippen molar-refractivity contribution in [3.8, 4) is 0 Å². The fraction of sp³-hybridized carbons (Fsp3) is 0.700. The minimum absolute atomic E-state index is 0.109. The molecule has 0 radical (unpaired) electrons. The summed E-state index contributed by atoms with van der Waals surface area (Å²) in [5.41, 5.74) is -0.809. The lowest BCUT2D eigenvalue weighted by Crippen LogP contribution is -2.31. The molecule has 1 N–H and O–H groups in total. The average Bonchev–Trinajstić information content (AvgIpc) is 2.51. The van der Waals surface area contributed by atoms with Gasteiger partial charge in [0.2, 0.25) is 0 Å². The van der Waals surface area contributed by atoms with Crippen LogP contribution < -0.4 is 0 Å². The van der Waals surface area contributed by atoms with Crippen molar-refractivity contribution in [1.29, 1.82) is 0 Å². The minimum Gasteiger partial charge on any atom is -0.488 e. The van der Waals surface area contributed by atoms with E-state index in [9.17, 15) is 9.59 Å². The van der Waals surface area contributed by atoms with Crippen LogP contribution in [0.25, 0.3) is 0 Å². The molecule has 0 aliphatic heterocycles. The van der Waals surface area contributed by atoms with Crippen molar-refractivity contribution in [2.45, 2.75) is 78.4 Å². The first kappa shape index (κ1) is 24.2. The Morgan fingerprint density at radius 1 is 0.962 bits per heavy atom. The number of carboxylic acid groups (broad SMARTS) is 1. The van der Waals surface area contributed by atoms with Gasteiger partial charge in [-0.2, -0.15) is 0 Å². The summed E-state index contributed by atoms with van der Waals surface area (Å²) in [4.78, 5) is 21.8. The first-order valence-electron chi connectivity index (χ1n) is 9.01. The molecule has 6 heteroatoms. The quantitative estimate of drug-likeness (QED) is 0.297. The summed E-state index contributed by atoms with van der Waals surface area (Å²) in [5, 5.41) is 8.53. The van der Waals surface area contributed by atoms with Crippen LogP contribution in [0.1, 0.15) is 67.2 Å². The minimum atomic E-state index is -1.01. The van der Waals surface area contributed by atoms with E-state index >= 15 is 0 Å². The van der Waals surface area contributed by atoms with Crippen LogP contribution >= 0.6 is 0 Å². The number of allylic oxidation sites excluding steroid dienone is 3. The Hall–Kier alpha value is -1.82. The molecule has 0 aromatic rings. The highest BCUT2D eigenvalue weighted by Gasteiger charge is 2.24. The van der Waals surface area contributed by atoms with E-state index in [2.05, 4.69) is 0 Å². The second-order valence-corrected chi connectivity index (χ2v) is 7.28. The summed E-state index contributed by atoms with van der Waals surface area (Å²) >= 11 is 0. The van der Waals surface area contributed by atoms with Crippen molar-refractivity contribution in [3.05, 3.63) is 24.0 Å². The van der Waals surface area contributed by atoms with Gasteiger partial charge in [-0.3, -0.25) is 9.59 Å². The lowest BCUT2D eigenvalue weighted by molar-refractivity contribution is -0.149. The van der Waals surface area contributed by atoms with Crippen molar-refractivity contribution >= 4 is 11.9 Å². The van der Waals surface area contributed by atoms with E-state index in [0.29, 0.717) is 19.4 Å². The molecule has 0 amide bonds. The number of carboxylic acids is 1. The highest BCUT2D eigenvalue weighted by molar-refractivity contribution is 5.76. The molecule has 26 heavy (non-hydrogen) atoms. The highest BCUT2D eigenvalue weighted by Crippen LogP contribution is 2.22. The first-order valence-corrected chi connectivity index (χ1v) is 9.01. The number of hydrogen-bond donors (Lipinski definition) is 1. The monoisotopic (exact) mass is 370 g/mol. The smallest absolute Gasteiger partial charge is 0.306 e. The van der Waals surface area contributed by atoms with Crippen LogP contribution in [0.5, 0.6) is 0 Å². The highest BCUT2D eigenvalue weighted by atomic mass is 16.5. The van der Waals surface area contributed by atoms with E-state index in [1.54, 1.807) is 0 Å². The van der Waals surface area contributed by atoms with Crippen molar-refractivity contribution < 1.29 is 28.9 Å². The first-order chi connectivity index (χ1) is 12.0. The molecule has 0 atom stereocenters. The van der Waals surface area contributed by atoms with Crippen LogP contribution in [0.4, 0.5) is 0 Å². The number of carbonyl (C=O) groups is 2. The fourth-order valence-electron chi connectivity index (χ4n) is 2.06. The number of rotatable bonds is 13. The maximum Gasteiger partial charge on any atom is 0.306 e. The van der Waals surface area contributed by atoms with Gasteiger partial charge >= 0.3 is 11.9 Å². The van der Waals surface area contributed by atoms with Crippen molar-refractivity contribution in [2.24, 2.45) is 0 Å². The van der Waals surface area contributed by atoms with Crippen LogP contribution in [0.2, 0.25) is 0 Å². The maximum absolute atomic E-state index is 11.4. The largest absolute Gasteiger partial charge is 0.488 e. The van der Waals surface area contributed by atoms with E-state index in [-0.39, 0.29) is 25.0 Å². The van der Waals surface area contributed by atoms with Gasteiger partial charge in [0.05, 0.1) is 31.7 Å². The van der Waals surface area contributed by atoms with Crippen molar-refractivity contribution in [1.82, 2.24) is 0 Å². The topological polar surface area (TPSA) is 82.1 Å². The zero-order valence-electron chi connectivity index (χ0n) is 17.0. The molecule has 0 saturated heterocycles. The van der Waals surface area contributed by atoms with Gasteiger partial charge in [-0.15, -0.1) is 0 Å². The van der Waals surface area contributed by atoms with Gasteiger partial charge in [0.15, 0.2) is 0 Å². The van der Waals surface area contributed by atoms with Crippen LogP contribution in [0.15, 0.2) is 24.0 Å². The zero-order valence-corrected chi connectivity index (χ0v) is 17.0. The van der Waals surface area contributed by atoms with Gasteiger partial charge in [-0.25, -0.2) is 0 Å². The van der Waals surface area contributed by atoms with Crippen LogP contribution in [-0.4, -0.2) is 41.5 Å². The van der Waals surface area contributed by atoms with Gasteiger partial charge in [0, 0.05) is 12.8 Å². The number of ether oxygens (including phenoxy) is 3. The number of esters is 1. The predicted molar refractivity (Wildman–Crippen MR) is 101 cm³/mol. The molecule has 0 bridgehead atoms. The molecular formula is C20H34O6. The SMILES string of the molecule is C/C=C\C(=C/C)OC(C)(C)CCOC(C)(C)CCOC(=O)CCC(=O)O.